The molecule has 0 atom stereocenters. The molecule has 0 saturated carbocycles. The van der Waals surface area contributed by atoms with Crippen molar-refractivity contribution in [2.75, 3.05) is 0 Å². The molecule has 0 N–H and O–H groups in total. The minimum atomic E-state index is -2.78. The second kappa shape index (κ2) is 3.79. The number of hydrogen-bond donors (Lipinski definition) is 0. The molecule has 72 valence electrons. The van der Waals surface area contributed by atoms with Crippen molar-refractivity contribution in [3.05, 3.63) is 39.4 Å². The van der Waals surface area contributed by atoms with Gasteiger partial charge in [0.2, 0.25) is 0 Å². The first kappa shape index (κ1) is 10.1. The average molecular weight is 198 g/mol. The molecule has 4 nitrogen and oxygen atoms in total. The van der Waals surface area contributed by atoms with Crippen LogP contribution in [0.25, 0.3) is 0 Å². The third-order valence-corrected chi connectivity index (χ3v) is 1.59. The zero-order valence-corrected chi connectivity index (χ0v) is 6.78. The van der Waals surface area contributed by atoms with Crippen molar-refractivity contribution in [3.8, 4) is 6.07 Å². The van der Waals surface area contributed by atoms with Crippen LogP contribution in [0.2, 0.25) is 0 Å². The number of nitro benzene ring substituents is 1. The number of nitriles is 1. The van der Waals surface area contributed by atoms with E-state index in [-0.39, 0.29) is 5.56 Å². The van der Waals surface area contributed by atoms with E-state index >= 15 is 0 Å². The van der Waals surface area contributed by atoms with Gasteiger partial charge in [-0.05, 0) is 6.07 Å². The first-order chi connectivity index (χ1) is 6.56. The number of benzene rings is 1. The normalized spacial score (nSPS) is 9.86. The lowest BCUT2D eigenvalue weighted by molar-refractivity contribution is -0.385. The summed E-state index contributed by atoms with van der Waals surface area (Å²) in [6.07, 6.45) is -2.78. The monoisotopic (exact) mass is 198 g/mol. The topological polar surface area (TPSA) is 66.9 Å². The van der Waals surface area contributed by atoms with Gasteiger partial charge in [-0.25, -0.2) is 8.78 Å². The Morgan fingerprint density at radius 3 is 2.57 bits per heavy atom. The fraction of sp³-hybridized carbons (Fsp3) is 0.125. The summed E-state index contributed by atoms with van der Waals surface area (Å²) in [5.74, 6) is 0. The molecule has 0 heterocycles. The van der Waals surface area contributed by atoms with Gasteiger partial charge in [-0.1, -0.05) is 6.07 Å². The highest BCUT2D eigenvalue weighted by atomic mass is 19.3. The molecule has 0 aliphatic carbocycles. The third-order valence-electron chi connectivity index (χ3n) is 1.59. The maximum Gasteiger partial charge on any atom is 0.287 e. The minimum absolute atomic E-state index is 0.223. The summed E-state index contributed by atoms with van der Waals surface area (Å²) in [4.78, 5) is 9.51. The van der Waals surface area contributed by atoms with Crippen LogP contribution in [0.5, 0.6) is 0 Å². The van der Waals surface area contributed by atoms with Gasteiger partial charge in [0.25, 0.3) is 12.1 Å². The number of alkyl halides is 2. The van der Waals surface area contributed by atoms with Crippen LogP contribution in [0, 0.1) is 21.4 Å². The summed E-state index contributed by atoms with van der Waals surface area (Å²) < 4.78 is 24.3. The smallest absolute Gasteiger partial charge is 0.258 e. The lowest BCUT2D eigenvalue weighted by atomic mass is 10.1. The SMILES string of the molecule is N#Cc1ccc(C(F)F)cc1[N+](=O)[O-]. The Balaban J connectivity index is 3.30. The predicted molar refractivity (Wildman–Crippen MR) is 42.8 cm³/mol. The molecular formula is C8H4F2N2O2. The molecule has 0 saturated heterocycles. The Morgan fingerprint density at radius 1 is 1.50 bits per heavy atom. The number of halogens is 2. The fourth-order valence-corrected chi connectivity index (χ4v) is 0.930. The summed E-state index contributed by atoms with van der Waals surface area (Å²) in [6, 6.07) is 4.28. The molecule has 0 unspecified atom stereocenters. The Labute approximate surface area is 77.5 Å². The third kappa shape index (κ3) is 1.82. The van der Waals surface area contributed by atoms with Crippen LogP contribution in [0.15, 0.2) is 18.2 Å². The molecule has 0 amide bonds. The van der Waals surface area contributed by atoms with E-state index in [2.05, 4.69) is 0 Å². The molecule has 0 aliphatic rings. The van der Waals surface area contributed by atoms with Gasteiger partial charge in [0.15, 0.2) is 0 Å². The Bertz CT molecular complexity index is 412. The van der Waals surface area contributed by atoms with E-state index < -0.39 is 22.6 Å². The van der Waals surface area contributed by atoms with Crippen molar-refractivity contribution in [1.82, 2.24) is 0 Å². The molecule has 1 aromatic rings. The Kier molecular flexibility index (Phi) is 2.72. The molecule has 0 bridgehead atoms. The minimum Gasteiger partial charge on any atom is -0.258 e. The summed E-state index contributed by atoms with van der Waals surface area (Å²) in [5.41, 5.74) is -1.28. The first-order valence-electron chi connectivity index (χ1n) is 3.53. The van der Waals surface area contributed by atoms with Gasteiger partial charge in [0.05, 0.1) is 4.92 Å². The van der Waals surface area contributed by atoms with Crippen LogP contribution in [0.1, 0.15) is 17.6 Å². The molecule has 0 spiro atoms. The largest absolute Gasteiger partial charge is 0.287 e. The van der Waals surface area contributed by atoms with E-state index in [1.165, 1.54) is 0 Å². The molecule has 0 aliphatic heterocycles. The number of hydrogen-bond acceptors (Lipinski definition) is 3. The maximum absolute atomic E-state index is 12.1. The van der Waals surface area contributed by atoms with Gasteiger partial charge in [-0.2, -0.15) is 5.26 Å². The highest BCUT2D eigenvalue weighted by Crippen LogP contribution is 2.25. The number of nitrogens with zero attached hydrogens (tertiary/aromatic N) is 2. The average Bonchev–Trinajstić information content (AvgIpc) is 2.16. The molecule has 0 aromatic heterocycles. The van der Waals surface area contributed by atoms with Crippen LogP contribution >= 0.6 is 0 Å². The van der Waals surface area contributed by atoms with Crippen LogP contribution in [-0.4, -0.2) is 4.92 Å². The van der Waals surface area contributed by atoms with Gasteiger partial charge in [0, 0.05) is 11.6 Å². The summed E-state index contributed by atoms with van der Waals surface area (Å²) in [6.45, 7) is 0. The molecular weight excluding hydrogens is 194 g/mol. The lowest BCUT2D eigenvalue weighted by Gasteiger charge is -1.99. The molecule has 14 heavy (non-hydrogen) atoms. The van der Waals surface area contributed by atoms with Crippen molar-refractivity contribution < 1.29 is 13.7 Å². The quantitative estimate of drug-likeness (QED) is 0.541. The van der Waals surface area contributed by atoms with Crippen LogP contribution in [-0.2, 0) is 0 Å². The standard InChI is InChI=1S/C8H4F2N2O2/c9-8(10)5-1-2-6(4-11)7(3-5)12(13)14/h1-3,8H. The van der Waals surface area contributed by atoms with Crippen molar-refractivity contribution in [2.24, 2.45) is 0 Å². The number of rotatable bonds is 2. The zero-order chi connectivity index (χ0) is 10.7. The fourth-order valence-electron chi connectivity index (χ4n) is 0.930. The van der Waals surface area contributed by atoms with Gasteiger partial charge >= 0.3 is 0 Å². The van der Waals surface area contributed by atoms with Gasteiger partial charge in [0.1, 0.15) is 11.6 Å². The summed E-state index contributed by atoms with van der Waals surface area (Å²) in [5, 5.41) is 18.8. The van der Waals surface area contributed by atoms with E-state index in [1.807, 2.05) is 0 Å². The van der Waals surface area contributed by atoms with E-state index in [9.17, 15) is 18.9 Å². The van der Waals surface area contributed by atoms with Gasteiger partial charge < -0.3 is 0 Å². The summed E-state index contributed by atoms with van der Waals surface area (Å²) >= 11 is 0. The van der Waals surface area contributed by atoms with E-state index in [1.54, 1.807) is 6.07 Å². The van der Waals surface area contributed by atoms with Crippen LogP contribution in [0.3, 0.4) is 0 Å². The van der Waals surface area contributed by atoms with Gasteiger partial charge in [-0.15, -0.1) is 0 Å². The Hall–Kier alpha value is -2.03. The second-order valence-electron chi connectivity index (χ2n) is 2.45. The molecule has 1 aromatic carbocycles. The lowest BCUT2D eigenvalue weighted by Crippen LogP contribution is -1.94. The van der Waals surface area contributed by atoms with E-state index in [4.69, 9.17) is 5.26 Å². The van der Waals surface area contributed by atoms with Crippen molar-refractivity contribution >= 4 is 5.69 Å². The van der Waals surface area contributed by atoms with E-state index in [0.29, 0.717) is 6.07 Å². The van der Waals surface area contributed by atoms with E-state index in [0.717, 1.165) is 12.1 Å². The van der Waals surface area contributed by atoms with Crippen LogP contribution < -0.4 is 0 Å². The van der Waals surface area contributed by atoms with Crippen molar-refractivity contribution in [1.29, 1.82) is 5.26 Å². The molecule has 1 rings (SSSR count). The second-order valence-corrected chi connectivity index (χ2v) is 2.45. The van der Waals surface area contributed by atoms with Crippen molar-refractivity contribution in [2.45, 2.75) is 6.43 Å². The molecule has 0 fully saturated rings. The maximum atomic E-state index is 12.1. The highest BCUT2D eigenvalue weighted by Gasteiger charge is 2.17. The Morgan fingerprint density at radius 2 is 2.14 bits per heavy atom. The highest BCUT2D eigenvalue weighted by molar-refractivity contribution is 5.50. The zero-order valence-electron chi connectivity index (χ0n) is 6.78. The van der Waals surface area contributed by atoms with Crippen LogP contribution in [0.4, 0.5) is 14.5 Å². The predicted octanol–water partition coefficient (Wildman–Crippen LogP) is 2.40. The number of nitro groups is 1. The van der Waals surface area contributed by atoms with Gasteiger partial charge in [-0.3, -0.25) is 10.1 Å². The molecule has 0 radical (unpaired) electrons. The van der Waals surface area contributed by atoms with Crippen molar-refractivity contribution in [3.63, 3.8) is 0 Å². The summed E-state index contributed by atoms with van der Waals surface area (Å²) in [7, 11) is 0. The first-order valence-corrected chi connectivity index (χ1v) is 3.53. The molecule has 6 heteroatoms.